The van der Waals surface area contributed by atoms with Crippen LogP contribution >= 0.6 is 11.6 Å². The van der Waals surface area contributed by atoms with Crippen LogP contribution in [-0.2, 0) is 11.3 Å². The van der Waals surface area contributed by atoms with Crippen LogP contribution in [0.5, 0.6) is 0 Å². The van der Waals surface area contributed by atoms with Crippen molar-refractivity contribution < 1.29 is 9.72 Å². The predicted molar refractivity (Wildman–Crippen MR) is 96.8 cm³/mol. The molecule has 7 heteroatoms. The minimum Gasteiger partial charge on any atom is -0.310 e. The summed E-state index contributed by atoms with van der Waals surface area (Å²) in [7, 11) is 1.89. The number of anilines is 1. The van der Waals surface area contributed by atoms with E-state index in [4.69, 9.17) is 11.6 Å². The van der Waals surface area contributed by atoms with E-state index in [1.807, 2.05) is 30.1 Å². The molecule has 6 nitrogen and oxygen atoms in total. The SMILES string of the molecule is CN(Cc1ccc([N+](=O)[O-])cc1)C1CCN(c2ccccc2Cl)C1=O. The monoisotopic (exact) mass is 359 g/mol. The highest BCUT2D eigenvalue weighted by Crippen LogP contribution is 2.30. The molecule has 1 saturated heterocycles. The maximum atomic E-state index is 12.8. The largest absolute Gasteiger partial charge is 0.310 e. The number of carbonyl (C=O) groups is 1. The molecule has 25 heavy (non-hydrogen) atoms. The van der Waals surface area contributed by atoms with E-state index in [0.29, 0.717) is 24.5 Å². The molecule has 0 aromatic heterocycles. The smallest absolute Gasteiger partial charge is 0.269 e. The Morgan fingerprint density at radius 3 is 2.56 bits per heavy atom. The zero-order valence-electron chi connectivity index (χ0n) is 13.8. The number of nitro benzene ring substituents is 1. The van der Waals surface area contributed by atoms with Gasteiger partial charge in [0.2, 0.25) is 5.91 Å². The fraction of sp³-hybridized carbons (Fsp3) is 0.278. The number of carbonyl (C=O) groups excluding carboxylic acids is 1. The van der Waals surface area contributed by atoms with E-state index < -0.39 is 4.92 Å². The minimum atomic E-state index is -0.421. The number of non-ortho nitro benzene ring substituents is 1. The van der Waals surface area contributed by atoms with Gasteiger partial charge in [0.15, 0.2) is 0 Å². The van der Waals surface area contributed by atoms with Crippen LogP contribution in [0.4, 0.5) is 11.4 Å². The van der Waals surface area contributed by atoms with Crippen molar-refractivity contribution in [3.8, 4) is 0 Å². The Hall–Kier alpha value is -2.44. The predicted octanol–water partition coefficient (Wildman–Crippen LogP) is 3.49. The molecule has 3 rings (SSSR count). The average Bonchev–Trinajstić information content (AvgIpc) is 2.97. The molecule has 0 saturated carbocycles. The van der Waals surface area contributed by atoms with Crippen LogP contribution in [-0.4, -0.2) is 35.4 Å². The molecule has 130 valence electrons. The first-order valence-electron chi connectivity index (χ1n) is 7.97. The van der Waals surface area contributed by atoms with Crippen molar-refractivity contribution in [3.05, 3.63) is 69.2 Å². The van der Waals surface area contributed by atoms with Gasteiger partial charge in [-0.2, -0.15) is 0 Å². The Bertz CT molecular complexity index is 794. The number of hydrogen-bond donors (Lipinski definition) is 0. The number of para-hydroxylation sites is 1. The normalized spacial score (nSPS) is 17.3. The fourth-order valence-electron chi connectivity index (χ4n) is 3.10. The highest BCUT2D eigenvalue weighted by Gasteiger charge is 2.35. The lowest BCUT2D eigenvalue weighted by atomic mass is 10.1. The lowest BCUT2D eigenvalue weighted by Crippen LogP contribution is -2.39. The minimum absolute atomic E-state index is 0.0255. The first-order chi connectivity index (χ1) is 12.0. The van der Waals surface area contributed by atoms with Crippen LogP contribution in [0.3, 0.4) is 0 Å². The maximum Gasteiger partial charge on any atom is 0.269 e. The second kappa shape index (κ2) is 7.21. The molecule has 1 amide bonds. The number of likely N-dealkylation sites (N-methyl/N-ethyl adjacent to an activating group) is 1. The third kappa shape index (κ3) is 3.65. The van der Waals surface area contributed by atoms with Crippen LogP contribution in [0.1, 0.15) is 12.0 Å². The molecule has 2 aromatic rings. The van der Waals surface area contributed by atoms with Gasteiger partial charge >= 0.3 is 0 Å². The summed E-state index contributed by atoms with van der Waals surface area (Å²) < 4.78 is 0. The number of nitro groups is 1. The van der Waals surface area contributed by atoms with Crippen LogP contribution in [0.25, 0.3) is 0 Å². The molecule has 1 atom stereocenters. The Kier molecular flexibility index (Phi) is 5.01. The van der Waals surface area contributed by atoms with Gasteiger partial charge in [0.25, 0.3) is 5.69 Å². The van der Waals surface area contributed by atoms with E-state index in [0.717, 1.165) is 11.3 Å². The Morgan fingerprint density at radius 2 is 1.92 bits per heavy atom. The number of halogens is 1. The number of rotatable bonds is 5. The number of nitrogens with zero attached hydrogens (tertiary/aromatic N) is 3. The zero-order valence-corrected chi connectivity index (χ0v) is 14.5. The van der Waals surface area contributed by atoms with Gasteiger partial charge in [0, 0.05) is 25.2 Å². The van der Waals surface area contributed by atoms with Crippen molar-refractivity contribution in [2.45, 2.75) is 19.0 Å². The molecule has 0 aliphatic carbocycles. The molecule has 0 spiro atoms. The van der Waals surface area contributed by atoms with Crippen LogP contribution in [0.2, 0.25) is 5.02 Å². The summed E-state index contributed by atoms with van der Waals surface area (Å²) in [6.07, 6.45) is 0.716. The van der Waals surface area contributed by atoms with Gasteiger partial charge in [0.05, 0.1) is 21.7 Å². The van der Waals surface area contributed by atoms with Crippen LogP contribution in [0.15, 0.2) is 48.5 Å². The van der Waals surface area contributed by atoms with Crippen molar-refractivity contribution >= 4 is 28.9 Å². The first kappa shape index (κ1) is 17.4. The molecular weight excluding hydrogens is 342 g/mol. The fourth-order valence-corrected chi connectivity index (χ4v) is 3.34. The molecule has 1 aliphatic heterocycles. The van der Waals surface area contributed by atoms with Crippen molar-refractivity contribution in [1.82, 2.24) is 4.90 Å². The molecule has 0 bridgehead atoms. The summed E-state index contributed by atoms with van der Waals surface area (Å²) in [4.78, 5) is 26.8. The van der Waals surface area contributed by atoms with E-state index in [-0.39, 0.29) is 17.6 Å². The van der Waals surface area contributed by atoms with Gasteiger partial charge in [-0.3, -0.25) is 19.8 Å². The third-order valence-electron chi connectivity index (χ3n) is 4.43. The summed E-state index contributed by atoms with van der Waals surface area (Å²) in [6.45, 7) is 1.17. The zero-order chi connectivity index (χ0) is 18.0. The summed E-state index contributed by atoms with van der Waals surface area (Å²) >= 11 is 6.20. The molecule has 2 aromatic carbocycles. The van der Waals surface area contributed by atoms with Crippen LogP contribution in [0, 0.1) is 10.1 Å². The highest BCUT2D eigenvalue weighted by molar-refractivity contribution is 6.33. The lowest BCUT2D eigenvalue weighted by Gasteiger charge is -2.24. The van der Waals surface area contributed by atoms with Gasteiger partial charge in [0.1, 0.15) is 0 Å². The average molecular weight is 360 g/mol. The summed E-state index contributed by atoms with van der Waals surface area (Å²) in [5.74, 6) is 0.0255. The summed E-state index contributed by atoms with van der Waals surface area (Å²) in [6, 6.07) is 13.5. The number of hydrogen-bond acceptors (Lipinski definition) is 4. The molecule has 0 radical (unpaired) electrons. The molecule has 1 unspecified atom stereocenters. The first-order valence-corrected chi connectivity index (χ1v) is 8.34. The van der Waals surface area contributed by atoms with E-state index >= 15 is 0 Å². The van der Waals surface area contributed by atoms with E-state index in [2.05, 4.69) is 0 Å². The second-order valence-corrected chi connectivity index (χ2v) is 6.49. The molecule has 1 fully saturated rings. The maximum absolute atomic E-state index is 12.8. The van der Waals surface area contributed by atoms with Gasteiger partial charge in [-0.25, -0.2) is 0 Å². The standard InChI is InChI=1S/C18H18ClN3O3/c1-20(12-13-6-8-14(9-7-13)22(24)25)17-10-11-21(18(17)23)16-5-3-2-4-15(16)19/h2-9,17H,10-12H2,1H3. The van der Waals surface area contributed by atoms with Crippen LogP contribution < -0.4 is 4.90 Å². The second-order valence-electron chi connectivity index (χ2n) is 6.08. The molecular formula is C18H18ClN3O3. The summed E-state index contributed by atoms with van der Waals surface area (Å²) in [5, 5.41) is 11.3. The molecule has 0 N–H and O–H groups in total. The van der Waals surface area contributed by atoms with E-state index in [1.165, 1.54) is 12.1 Å². The van der Waals surface area contributed by atoms with E-state index in [9.17, 15) is 14.9 Å². The third-order valence-corrected chi connectivity index (χ3v) is 4.75. The number of amides is 1. The molecule has 1 heterocycles. The van der Waals surface area contributed by atoms with Gasteiger partial charge in [-0.15, -0.1) is 0 Å². The number of benzene rings is 2. The Labute approximate surface area is 150 Å². The van der Waals surface area contributed by atoms with Crippen molar-refractivity contribution in [3.63, 3.8) is 0 Å². The Balaban J connectivity index is 1.69. The van der Waals surface area contributed by atoms with Gasteiger partial charge in [-0.05, 0) is 31.2 Å². The quantitative estimate of drug-likeness (QED) is 0.605. The lowest BCUT2D eigenvalue weighted by molar-refractivity contribution is -0.384. The van der Waals surface area contributed by atoms with Crippen molar-refractivity contribution in [1.29, 1.82) is 0 Å². The van der Waals surface area contributed by atoms with Crippen molar-refractivity contribution in [2.24, 2.45) is 0 Å². The van der Waals surface area contributed by atoms with Crippen molar-refractivity contribution in [2.75, 3.05) is 18.5 Å². The summed E-state index contributed by atoms with van der Waals surface area (Å²) in [5.41, 5.74) is 1.73. The van der Waals surface area contributed by atoms with Gasteiger partial charge in [-0.1, -0.05) is 35.9 Å². The topological polar surface area (TPSA) is 66.7 Å². The molecule has 1 aliphatic rings. The van der Waals surface area contributed by atoms with E-state index in [1.54, 1.807) is 23.1 Å². The highest BCUT2D eigenvalue weighted by atomic mass is 35.5. The Morgan fingerprint density at radius 1 is 1.24 bits per heavy atom. The van der Waals surface area contributed by atoms with Gasteiger partial charge < -0.3 is 4.90 Å².